The molecule has 0 aromatic heterocycles. The summed E-state index contributed by atoms with van der Waals surface area (Å²) >= 11 is 0. The van der Waals surface area contributed by atoms with Gasteiger partial charge in [0, 0.05) is 7.05 Å². The molecule has 1 N–H and O–H groups in total. The molecule has 0 aliphatic carbocycles. The van der Waals surface area contributed by atoms with E-state index in [1.165, 1.54) is 6.92 Å². The van der Waals surface area contributed by atoms with Gasteiger partial charge in [-0.05, 0) is 6.92 Å². The van der Waals surface area contributed by atoms with E-state index in [1.54, 1.807) is 0 Å². The van der Waals surface area contributed by atoms with Crippen molar-refractivity contribution >= 4 is 5.91 Å². The van der Waals surface area contributed by atoms with Crippen LogP contribution in [0.25, 0.3) is 0 Å². The molecule has 4 nitrogen and oxygen atoms in total. The highest BCUT2D eigenvalue weighted by Gasteiger charge is 2.66. The van der Waals surface area contributed by atoms with E-state index in [4.69, 9.17) is 5.11 Å². The Bertz CT molecular complexity index is 305. The highest BCUT2D eigenvalue weighted by Crippen LogP contribution is 2.38. The van der Waals surface area contributed by atoms with Gasteiger partial charge < -0.3 is 5.11 Å². The van der Waals surface area contributed by atoms with Crippen molar-refractivity contribution in [2.75, 3.05) is 14.2 Å². The number of aliphatic hydroxyl groups excluding tert-OH is 1. The molecule has 0 unspecified atom stereocenters. The van der Waals surface area contributed by atoms with Gasteiger partial charge in [0.15, 0.2) is 0 Å². The second kappa shape index (κ2) is 5.46. The van der Waals surface area contributed by atoms with Crippen molar-refractivity contribution in [3.63, 3.8) is 0 Å². The van der Waals surface area contributed by atoms with E-state index in [2.05, 4.69) is 4.84 Å². The predicted octanol–water partition coefficient (Wildman–Crippen LogP) is 1.21. The quantitative estimate of drug-likeness (QED) is 0.469. The van der Waals surface area contributed by atoms with Crippen LogP contribution in [0.3, 0.4) is 0 Å². The number of hydrogen-bond donors (Lipinski definition) is 1. The summed E-state index contributed by atoms with van der Waals surface area (Å²) in [6.45, 7) is 1.28. The van der Waals surface area contributed by atoms with E-state index in [0.717, 1.165) is 20.2 Å². The van der Waals surface area contributed by atoms with Crippen LogP contribution in [0.2, 0.25) is 0 Å². The summed E-state index contributed by atoms with van der Waals surface area (Å²) in [6, 6.07) is 0. The van der Waals surface area contributed by atoms with Gasteiger partial charge in [0.05, 0.1) is 7.11 Å². The molecule has 0 heterocycles. The fraction of sp³-hybridized carbons (Fsp3) is 0.667. The molecule has 0 saturated carbocycles. The van der Waals surface area contributed by atoms with Crippen LogP contribution in [0, 0.1) is 0 Å². The van der Waals surface area contributed by atoms with Gasteiger partial charge >= 0.3 is 11.8 Å². The Hall–Kier alpha value is -1.15. The van der Waals surface area contributed by atoms with E-state index in [9.17, 15) is 22.4 Å². The van der Waals surface area contributed by atoms with Crippen molar-refractivity contribution in [1.29, 1.82) is 0 Å². The first-order valence-electron chi connectivity index (χ1n) is 4.51. The highest BCUT2D eigenvalue weighted by molar-refractivity contribution is 5.86. The minimum Gasteiger partial charge on any atom is -0.385 e. The maximum absolute atomic E-state index is 13.8. The van der Waals surface area contributed by atoms with Gasteiger partial charge in [-0.2, -0.15) is 13.2 Å². The number of aliphatic hydroxyl groups is 1. The van der Waals surface area contributed by atoms with Gasteiger partial charge in [-0.3, -0.25) is 9.63 Å². The molecule has 0 aromatic carbocycles. The maximum Gasteiger partial charge on any atom is 0.434 e. The molecule has 1 amide bonds. The van der Waals surface area contributed by atoms with Crippen molar-refractivity contribution < 1.29 is 32.3 Å². The topological polar surface area (TPSA) is 49.8 Å². The number of nitrogens with zero attached hydrogens (tertiary/aromatic N) is 1. The molecule has 2 atom stereocenters. The second-order valence-electron chi connectivity index (χ2n) is 3.17. The standard InChI is InChI=1S/C9H13F4NO3/c1-4-5-6(15)8(10,9(11,12)13)7(16)14(2)17-3/h4-6,15H,1-3H3/b5-4+/t6-,8-/m0/s1. The molecule has 17 heavy (non-hydrogen) atoms. The SMILES string of the molecule is C/C=C/[C@H](O)[C@](F)(C(=O)N(C)OC)C(F)(F)F. The largest absolute Gasteiger partial charge is 0.434 e. The van der Waals surface area contributed by atoms with Crippen molar-refractivity contribution in [2.24, 2.45) is 0 Å². The van der Waals surface area contributed by atoms with Gasteiger partial charge in [0.1, 0.15) is 6.10 Å². The summed E-state index contributed by atoms with van der Waals surface area (Å²) in [7, 11) is 1.71. The number of carbonyl (C=O) groups is 1. The van der Waals surface area contributed by atoms with Crippen LogP contribution < -0.4 is 0 Å². The number of hydrogen-bond acceptors (Lipinski definition) is 3. The summed E-state index contributed by atoms with van der Waals surface area (Å²) in [6.07, 6.45) is -6.66. The highest BCUT2D eigenvalue weighted by atomic mass is 19.4. The van der Waals surface area contributed by atoms with E-state index >= 15 is 0 Å². The zero-order chi connectivity index (χ0) is 13.9. The van der Waals surface area contributed by atoms with Gasteiger partial charge in [0.25, 0.3) is 5.91 Å². The lowest BCUT2D eigenvalue weighted by atomic mass is 9.96. The normalized spacial score (nSPS) is 17.9. The van der Waals surface area contributed by atoms with Crippen molar-refractivity contribution in [3.05, 3.63) is 12.2 Å². The molecule has 0 bridgehead atoms. The van der Waals surface area contributed by atoms with Crippen molar-refractivity contribution in [1.82, 2.24) is 5.06 Å². The first-order valence-corrected chi connectivity index (χ1v) is 4.51. The Balaban J connectivity index is 5.48. The lowest BCUT2D eigenvalue weighted by Gasteiger charge is -2.31. The smallest absolute Gasteiger partial charge is 0.385 e. The maximum atomic E-state index is 13.8. The Morgan fingerprint density at radius 2 is 1.88 bits per heavy atom. The van der Waals surface area contributed by atoms with E-state index < -0.39 is 23.9 Å². The van der Waals surface area contributed by atoms with Crippen LogP contribution in [-0.2, 0) is 9.63 Å². The van der Waals surface area contributed by atoms with Gasteiger partial charge in [-0.15, -0.1) is 0 Å². The monoisotopic (exact) mass is 259 g/mol. The minimum atomic E-state index is -5.56. The molecule has 0 spiro atoms. The average Bonchev–Trinajstić information content (AvgIpc) is 2.24. The summed E-state index contributed by atoms with van der Waals surface area (Å²) in [5.41, 5.74) is -4.44. The number of halogens is 4. The third kappa shape index (κ3) is 2.95. The van der Waals surface area contributed by atoms with E-state index in [1.807, 2.05) is 0 Å². The van der Waals surface area contributed by atoms with Gasteiger partial charge in [-0.25, -0.2) is 9.45 Å². The molecule has 0 fully saturated rings. The summed E-state index contributed by atoms with van der Waals surface area (Å²) in [5, 5.41) is 9.20. The molecule has 0 rings (SSSR count). The number of alkyl halides is 4. The average molecular weight is 259 g/mol. The predicted molar refractivity (Wildman–Crippen MR) is 50.5 cm³/mol. The van der Waals surface area contributed by atoms with Crippen LogP contribution in [0.1, 0.15) is 6.92 Å². The zero-order valence-corrected chi connectivity index (χ0v) is 9.45. The minimum absolute atomic E-state index is 0.0697. The van der Waals surface area contributed by atoms with E-state index in [0.29, 0.717) is 6.08 Å². The number of rotatable bonds is 4. The summed E-state index contributed by atoms with van der Waals surface area (Å²) in [5.74, 6) is -2.03. The fourth-order valence-corrected chi connectivity index (χ4v) is 1.04. The number of carbonyl (C=O) groups excluding carboxylic acids is 1. The summed E-state index contributed by atoms with van der Waals surface area (Å²) in [4.78, 5) is 15.5. The van der Waals surface area contributed by atoms with Crippen molar-refractivity contribution in [3.8, 4) is 0 Å². The number of allylic oxidation sites excluding steroid dienone is 1. The van der Waals surface area contributed by atoms with Crippen molar-refractivity contribution in [2.45, 2.75) is 24.9 Å². The number of hydroxylamine groups is 2. The Labute approximate surface area is 95.4 Å². The van der Waals surface area contributed by atoms with Crippen LogP contribution in [0.4, 0.5) is 17.6 Å². The van der Waals surface area contributed by atoms with Crippen LogP contribution in [-0.4, -0.2) is 48.2 Å². The summed E-state index contributed by atoms with van der Waals surface area (Å²) < 4.78 is 51.5. The van der Waals surface area contributed by atoms with Crippen LogP contribution >= 0.6 is 0 Å². The molecule has 0 aliphatic rings. The van der Waals surface area contributed by atoms with Crippen LogP contribution in [0.15, 0.2) is 12.2 Å². The fourth-order valence-electron chi connectivity index (χ4n) is 1.04. The molecule has 0 aliphatic heterocycles. The molecule has 0 radical (unpaired) electrons. The Morgan fingerprint density at radius 3 is 2.18 bits per heavy atom. The number of amides is 1. The molecular weight excluding hydrogens is 246 g/mol. The third-order valence-corrected chi connectivity index (χ3v) is 2.07. The molecule has 0 aromatic rings. The van der Waals surface area contributed by atoms with Gasteiger partial charge in [-0.1, -0.05) is 12.2 Å². The molecule has 0 saturated heterocycles. The van der Waals surface area contributed by atoms with Crippen LogP contribution in [0.5, 0.6) is 0 Å². The zero-order valence-electron chi connectivity index (χ0n) is 9.45. The molecule has 100 valence electrons. The lowest BCUT2D eigenvalue weighted by Crippen LogP contribution is -2.60. The first-order chi connectivity index (χ1) is 7.62. The Kier molecular flexibility index (Phi) is 5.09. The molecular formula is C9H13F4NO3. The second-order valence-corrected chi connectivity index (χ2v) is 3.17. The molecule has 8 heteroatoms. The lowest BCUT2D eigenvalue weighted by molar-refractivity contribution is -0.262. The van der Waals surface area contributed by atoms with Gasteiger partial charge in [0.2, 0.25) is 0 Å². The Morgan fingerprint density at radius 1 is 1.41 bits per heavy atom. The first kappa shape index (κ1) is 15.9. The van der Waals surface area contributed by atoms with E-state index in [-0.39, 0.29) is 5.06 Å². The third-order valence-electron chi connectivity index (χ3n) is 2.07.